The molecule has 14 heavy (non-hydrogen) atoms. The van der Waals surface area contributed by atoms with Gasteiger partial charge >= 0.3 is 5.97 Å². The highest BCUT2D eigenvalue weighted by Crippen LogP contribution is 2.40. The highest BCUT2D eigenvalue weighted by Gasteiger charge is 2.44. The topological polar surface area (TPSA) is 77.8 Å². The number of aliphatic carboxylic acids is 1. The second kappa shape index (κ2) is 2.72. The van der Waals surface area contributed by atoms with Crippen molar-refractivity contribution in [3.63, 3.8) is 0 Å². The number of benzene rings is 1. The number of aliphatic hydroxyl groups is 1. The summed E-state index contributed by atoms with van der Waals surface area (Å²) in [7, 11) is 0. The van der Waals surface area contributed by atoms with Crippen molar-refractivity contribution in [2.24, 2.45) is 0 Å². The van der Waals surface area contributed by atoms with Gasteiger partial charge in [0, 0.05) is 11.1 Å². The van der Waals surface area contributed by atoms with Crippen LogP contribution in [-0.4, -0.2) is 21.3 Å². The molecule has 0 aromatic heterocycles. The number of aromatic hydroxyl groups is 1. The Morgan fingerprint density at radius 3 is 2.79 bits per heavy atom. The van der Waals surface area contributed by atoms with Crippen molar-refractivity contribution in [1.29, 1.82) is 0 Å². The maximum atomic E-state index is 10.9. The van der Waals surface area contributed by atoms with Crippen molar-refractivity contribution >= 4 is 5.97 Å². The molecule has 0 saturated heterocycles. The van der Waals surface area contributed by atoms with Crippen LogP contribution in [0.5, 0.6) is 5.75 Å². The van der Waals surface area contributed by atoms with Gasteiger partial charge in [-0.05, 0) is 18.9 Å². The standard InChI is InChI=1S/C10H10O4/c11-8-3-1-2-7-6(8)4-5-10(7,14)9(12)13/h1-3,11,14H,4-5H2,(H,12,13). The number of carboxylic acids is 1. The second-order valence-corrected chi connectivity index (χ2v) is 3.47. The van der Waals surface area contributed by atoms with Crippen molar-refractivity contribution in [2.45, 2.75) is 18.4 Å². The lowest BCUT2D eigenvalue weighted by Gasteiger charge is -2.17. The van der Waals surface area contributed by atoms with Crippen molar-refractivity contribution in [2.75, 3.05) is 0 Å². The van der Waals surface area contributed by atoms with Gasteiger partial charge in [0.25, 0.3) is 0 Å². The third kappa shape index (κ3) is 1.01. The Kier molecular flexibility index (Phi) is 1.75. The van der Waals surface area contributed by atoms with Gasteiger partial charge in [-0.3, -0.25) is 0 Å². The van der Waals surface area contributed by atoms with E-state index in [1.165, 1.54) is 18.2 Å². The number of carbonyl (C=O) groups is 1. The van der Waals surface area contributed by atoms with Gasteiger partial charge in [-0.2, -0.15) is 0 Å². The summed E-state index contributed by atoms with van der Waals surface area (Å²) in [5.41, 5.74) is -0.976. The molecular weight excluding hydrogens is 184 g/mol. The monoisotopic (exact) mass is 194 g/mol. The first-order valence-electron chi connectivity index (χ1n) is 4.33. The average Bonchev–Trinajstić information content (AvgIpc) is 2.47. The van der Waals surface area contributed by atoms with E-state index in [4.69, 9.17) is 5.11 Å². The summed E-state index contributed by atoms with van der Waals surface area (Å²) in [6.45, 7) is 0. The van der Waals surface area contributed by atoms with Crippen LogP contribution in [0.25, 0.3) is 0 Å². The molecule has 1 aliphatic carbocycles. The predicted octanol–water partition coefficient (Wildman–Crippen LogP) is 0.611. The molecule has 0 fully saturated rings. The minimum absolute atomic E-state index is 0.0553. The van der Waals surface area contributed by atoms with Gasteiger partial charge in [0.05, 0.1) is 0 Å². The van der Waals surface area contributed by atoms with E-state index in [1.54, 1.807) is 0 Å². The van der Waals surface area contributed by atoms with Gasteiger partial charge in [-0.25, -0.2) is 4.79 Å². The molecule has 2 rings (SSSR count). The summed E-state index contributed by atoms with van der Waals surface area (Å²) in [6, 6.07) is 4.57. The van der Waals surface area contributed by atoms with E-state index in [9.17, 15) is 15.0 Å². The third-order valence-corrected chi connectivity index (χ3v) is 2.69. The van der Waals surface area contributed by atoms with Crippen LogP contribution < -0.4 is 0 Å². The minimum atomic E-state index is -1.83. The van der Waals surface area contributed by atoms with E-state index in [0.29, 0.717) is 17.5 Å². The number of phenolic OH excluding ortho intramolecular Hbond substituents is 1. The summed E-state index contributed by atoms with van der Waals surface area (Å²) >= 11 is 0. The normalized spacial score (nSPS) is 24.6. The number of phenols is 1. The van der Waals surface area contributed by atoms with Crippen LogP contribution in [0.2, 0.25) is 0 Å². The van der Waals surface area contributed by atoms with Gasteiger partial charge in [-0.15, -0.1) is 0 Å². The zero-order chi connectivity index (χ0) is 10.3. The maximum absolute atomic E-state index is 10.9. The predicted molar refractivity (Wildman–Crippen MR) is 48.0 cm³/mol. The largest absolute Gasteiger partial charge is 0.508 e. The molecule has 0 amide bonds. The molecule has 4 heteroatoms. The average molecular weight is 194 g/mol. The molecule has 4 nitrogen and oxygen atoms in total. The van der Waals surface area contributed by atoms with Gasteiger partial charge in [-0.1, -0.05) is 12.1 Å². The fraction of sp³-hybridized carbons (Fsp3) is 0.300. The minimum Gasteiger partial charge on any atom is -0.508 e. The fourth-order valence-corrected chi connectivity index (χ4v) is 1.89. The highest BCUT2D eigenvalue weighted by molar-refractivity contribution is 5.81. The quantitative estimate of drug-likeness (QED) is 0.612. The van der Waals surface area contributed by atoms with Crippen LogP contribution >= 0.6 is 0 Å². The number of hydrogen-bond acceptors (Lipinski definition) is 3. The highest BCUT2D eigenvalue weighted by atomic mass is 16.4. The van der Waals surface area contributed by atoms with Gasteiger partial charge in [0.2, 0.25) is 0 Å². The van der Waals surface area contributed by atoms with E-state index in [-0.39, 0.29) is 12.2 Å². The molecule has 1 unspecified atom stereocenters. The molecule has 3 N–H and O–H groups in total. The molecule has 1 atom stereocenters. The molecule has 0 aliphatic heterocycles. The van der Waals surface area contributed by atoms with Gasteiger partial charge < -0.3 is 15.3 Å². The fourth-order valence-electron chi connectivity index (χ4n) is 1.89. The van der Waals surface area contributed by atoms with E-state index in [2.05, 4.69) is 0 Å². The van der Waals surface area contributed by atoms with E-state index >= 15 is 0 Å². The number of fused-ring (bicyclic) bond motifs is 1. The lowest BCUT2D eigenvalue weighted by atomic mass is 9.96. The lowest BCUT2D eigenvalue weighted by Crippen LogP contribution is -2.32. The van der Waals surface area contributed by atoms with Crippen LogP contribution in [0.15, 0.2) is 18.2 Å². The van der Waals surface area contributed by atoms with Crippen LogP contribution in [0, 0.1) is 0 Å². The summed E-state index contributed by atoms with van der Waals surface area (Å²) in [6.07, 6.45) is 0.514. The van der Waals surface area contributed by atoms with Crippen molar-refractivity contribution in [1.82, 2.24) is 0 Å². The van der Waals surface area contributed by atoms with E-state index in [1.807, 2.05) is 0 Å². The van der Waals surface area contributed by atoms with Crippen molar-refractivity contribution in [3.05, 3.63) is 29.3 Å². The van der Waals surface area contributed by atoms with Crippen LogP contribution in [0.4, 0.5) is 0 Å². The smallest absolute Gasteiger partial charge is 0.340 e. The summed E-state index contributed by atoms with van der Waals surface area (Å²) in [5, 5.41) is 28.2. The Bertz CT molecular complexity index is 399. The van der Waals surface area contributed by atoms with Gasteiger partial charge in [0.15, 0.2) is 5.60 Å². The van der Waals surface area contributed by atoms with Crippen LogP contribution in [-0.2, 0) is 16.8 Å². The Morgan fingerprint density at radius 2 is 2.14 bits per heavy atom. The summed E-state index contributed by atoms with van der Waals surface area (Å²) < 4.78 is 0. The van der Waals surface area contributed by atoms with Crippen LogP contribution in [0.3, 0.4) is 0 Å². The first-order valence-corrected chi connectivity index (χ1v) is 4.33. The Balaban J connectivity index is 2.60. The molecule has 1 aromatic carbocycles. The summed E-state index contributed by atoms with van der Waals surface area (Å²) in [4.78, 5) is 10.9. The lowest BCUT2D eigenvalue weighted by molar-refractivity contribution is -0.159. The molecule has 74 valence electrons. The third-order valence-electron chi connectivity index (χ3n) is 2.69. The zero-order valence-electron chi connectivity index (χ0n) is 7.40. The van der Waals surface area contributed by atoms with Crippen molar-refractivity contribution < 1.29 is 20.1 Å². The first-order chi connectivity index (χ1) is 6.55. The van der Waals surface area contributed by atoms with E-state index in [0.717, 1.165) is 0 Å². The Morgan fingerprint density at radius 1 is 1.43 bits per heavy atom. The van der Waals surface area contributed by atoms with E-state index < -0.39 is 11.6 Å². The molecule has 0 radical (unpaired) electrons. The molecule has 0 spiro atoms. The molecule has 0 heterocycles. The first kappa shape index (κ1) is 9.02. The number of carboxylic acid groups (broad SMARTS) is 1. The SMILES string of the molecule is O=C(O)C1(O)CCc2c(O)cccc21. The number of hydrogen-bond donors (Lipinski definition) is 3. The second-order valence-electron chi connectivity index (χ2n) is 3.47. The maximum Gasteiger partial charge on any atom is 0.340 e. The molecule has 1 aliphatic rings. The van der Waals surface area contributed by atoms with Crippen LogP contribution in [0.1, 0.15) is 17.5 Å². The molecule has 0 saturated carbocycles. The van der Waals surface area contributed by atoms with Crippen molar-refractivity contribution in [3.8, 4) is 5.75 Å². The molecule has 1 aromatic rings. The summed E-state index contributed by atoms with van der Waals surface area (Å²) in [5.74, 6) is -1.21. The number of rotatable bonds is 1. The Hall–Kier alpha value is -1.55. The Labute approximate surface area is 80.4 Å². The molecular formula is C10H10O4. The molecule has 0 bridgehead atoms. The van der Waals surface area contributed by atoms with Gasteiger partial charge in [0.1, 0.15) is 5.75 Å². The zero-order valence-corrected chi connectivity index (χ0v) is 7.40.